The lowest BCUT2D eigenvalue weighted by atomic mass is 10.1. The first-order valence-corrected chi connectivity index (χ1v) is 5.86. The molecule has 0 N–H and O–H groups in total. The summed E-state index contributed by atoms with van der Waals surface area (Å²) in [6.07, 6.45) is 2.04. The number of benzene rings is 1. The van der Waals surface area contributed by atoms with Gasteiger partial charge in [0.25, 0.3) is 0 Å². The number of aryl methyl sites for hydroxylation is 2. The van der Waals surface area contributed by atoms with Crippen LogP contribution in [0.1, 0.15) is 11.3 Å². The molecule has 0 atom stereocenters. The highest BCUT2D eigenvalue weighted by Crippen LogP contribution is 2.24. The number of halogens is 1. The molecule has 2 nitrogen and oxygen atoms in total. The van der Waals surface area contributed by atoms with E-state index in [4.69, 9.17) is 0 Å². The van der Waals surface area contributed by atoms with Gasteiger partial charge < -0.3 is 4.40 Å². The Labute approximate surface area is 105 Å². The summed E-state index contributed by atoms with van der Waals surface area (Å²) in [6, 6.07) is 10.5. The molecule has 0 radical (unpaired) electrons. The van der Waals surface area contributed by atoms with Crippen molar-refractivity contribution < 1.29 is 4.39 Å². The molecule has 0 aliphatic rings. The maximum absolute atomic E-state index is 13.3. The van der Waals surface area contributed by atoms with E-state index in [1.165, 1.54) is 17.7 Å². The van der Waals surface area contributed by atoms with E-state index >= 15 is 0 Å². The van der Waals surface area contributed by atoms with E-state index < -0.39 is 0 Å². The van der Waals surface area contributed by atoms with Crippen molar-refractivity contribution in [1.29, 1.82) is 0 Å². The zero-order chi connectivity index (χ0) is 12.7. The second-order valence-electron chi connectivity index (χ2n) is 4.49. The lowest BCUT2D eigenvalue weighted by Gasteiger charge is -2.00. The van der Waals surface area contributed by atoms with E-state index in [1.54, 1.807) is 6.07 Å². The standard InChI is InChI=1S/C15H13FN2/c1-10-6-7-14-17-15(11(2)18(14)9-10)12-4-3-5-13(16)8-12/h3-9H,1-2H3. The van der Waals surface area contributed by atoms with E-state index in [2.05, 4.69) is 4.98 Å². The van der Waals surface area contributed by atoms with Crippen LogP contribution in [-0.2, 0) is 0 Å². The Hall–Kier alpha value is -2.16. The van der Waals surface area contributed by atoms with Gasteiger partial charge in [0.1, 0.15) is 11.5 Å². The van der Waals surface area contributed by atoms with Crippen molar-refractivity contribution in [1.82, 2.24) is 9.38 Å². The van der Waals surface area contributed by atoms with Gasteiger partial charge >= 0.3 is 0 Å². The minimum atomic E-state index is -0.236. The first-order chi connectivity index (χ1) is 8.65. The number of rotatable bonds is 1. The maximum atomic E-state index is 13.3. The molecule has 0 fully saturated rings. The average Bonchev–Trinajstić information content (AvgIpc) is 2.67. The van der Waals surface area contributed by atoms with Gasteiger partial charge in [-0.3, -0.25) is 0 Å². The Morgan fingerprint density at radius 3 is 2.72 bits per heavy atom. The van der Waals surface area contributed by atoms with Gasteiger partial charge in [-0.1, -0.05) is 18.2 Å². The third kappa shape index (κ3) is 1.68. The van der Waals surface area contributed by atoms with Gasteiger partial charge in [0.15, 0.2) is 0 Å². The van der Waals surface area contributed by atoms with Crippen LogP contribution in [0.4, 0.5) is 4.39 Å². The van der Waals surface area contributed by atoms with Crippen molar-refractivity contribution in [3.05, 3.63) is 59.7 Å². The molecule has 2 heterocycles. The van der Waals surface area contributed by atoms with Crippen LogP contribution in [0.25, 0.3) is 16.9 Å². The van der Waals surface area contributed by atoms with Crippen molar-refractivity contribution in [3.8, 4) is 11.3 Å². The molecule has 3 rings (SSSR count). The minimum absolute atomic E-state index is 0.236. The monoisotopic (exact) mass is 240 g/mol. The molecule has 18 heavy (non-hydrogen) atoms. The minimum Gasteiger partial charge on any atom is -0.303 e. The predicted molar refractivity (Wildman–Crippen MR) is 70.1 cm³/mol. The zero-order valence-corrected chi connectivity index (χ0v) is 10.3. The van der Waals surface area contributed by atoms with Crippen LogP contribution in [0.15, 0.2) is 42.6 Å². The number of fused-ring (bicyclic) bond motifs is 1. The third-order valence-corrected chi connectivity index (χ3v) is 3.10. The molecule has 1 aromatic carbocycles. The molecule has 90 valence electrons. The van der Waals surface area contributed by atoms with Crippen LogP contribution in [0.5, 0.6) is 0 Å². The number of aromatic nitrogens is 2. The van der Waals surface area contributed by atoms with Gasteiger partial charge in [-0.15, -0.1) is 0 Å². The highest BCUT2D eigenvalue weighted by molar-refractivity contribution is 5.66. The van der Waals surface area contributed by atoms with Crippen LogP contribution in [-0.4, -0.2) is 9.38 Å². The number of imidazole rings is 1. The molecule has 3 aromatic rings. The van der Waals surface area contributed by atoms with Crippen molar-refractivity contribution in [2.24, 2.45) is 0 Å². The Kier molecular flexibility index (Phi) is 2.40. The van der Waals surface area contributed by atoms with Crippen LogP contribution < -0.4 is 0 Å². The van der Waals surface area contributed by atoms with Crippen LogP contribution in [0.2, 0.25) is 0 Å². The van der Waals surface area contributed by atoms with E-state index in [0.29, 0.717) is 0 Å². The Morgan fingerprint density at radius 2 is 1.94 bits per heavy atom. The fourth-order valence-corrected chi connectivity index (χ4v) is 2.18. The lowest BCUT2D eigenvalue weighted by Crippen LogP contribution is -1.88. The highest BCUT2D eigenvalue weighted by atomic mass is 19.1. The van der Waals surface area contributed by atoms with Gasteiger partial charge in [0.2, 0.25) is 0 Å². The number of hydrogen-bond acceptors (Lipinski definition) is 1. The van der Waals surface area contributed by atoms with Gasteiger partial charge in [0.05, 0.1) is 5.69 Å². The van der Waals surface area contributed by atoms with E-state index in [-0.39, 0.29) is 5.82 Å². The molecule has 0 amide bonds. The molecular formula is C15H13FN2. The summed E-state index contributed by atoms with van der Waals surface area (Å²) in [5.74, 6) is -0.236. The largest absolute Gasteiger partial charge is 0.303 e. The second kappa shape index (κ2) is 3.95. The van der Waals surface area contributed by atoms with Crippen LogP contribution in [0, 0.1) is 19.7 Å². The third-order valence-electron chi connectivity index (χ3n) is 3.10. The molecule has 0 aliphatic heterocycles. The zero-order valence-electron chi connectivity index (χ0n) is 10.3. The summed E-state index contributed by atoms with van der Waals surface area (Å²) >= 11 is 0. The molecule has 0 spiro atoms. The number of hydrogen-bond donors (Lipinski definition) is 0. The lowest BCUT2D eigenvalue weighted by molar-refractivity contribution is 0.628. The smallest absolute Gasteiger partial charge is 0.137 e. The molecule has 0 saturated carbocycles. The van der Waals surface area contributed by atoms with E-state index in [0.717, 1.165) is 22.6 Å². The SMILES string of the molecule is Cc1ccc2nc(-c3cccc(F)c3)c(C)n2c1. The number of nitrogens with zero attached hydrogens (tertiary/aromatic N) is 2. The first kappa shape index (κ1) is 11.0. The highest BCUT2D eigenvalue weighted by Gasteiger charge is 2.10. The average molecular weight is 240 g/mol. The second-order valence-corrected chi connectivity index (χ2v) is 4.49. The fraction of sp³-hybridized carbons (Fsp3) is 0.133. The summed E-state index contributed by atoms with van der Waals surface area (Å²) in [4.78, 5) is 4.56. The van der Waals surface area contributed by atoms with Crippen LogP contribution in [0.3, 0.4) is 0 Å². The predicted octanol–water partition coefficient (Wildman–Crippen LogP) is 3.76. The molecular weight excluding hydrogens is 227 g/mol. The molecule has 0 unspecified atom stereocenters. The Bertz CT molecular complexity index is 728. The van der Waals surface area contributed by atoms with Gasteiger partial charge in [-0.25, -0.2) is 9.37 Å². The molecule has 3 heteroatoms. The Morgan fingerprint density at radius 1 is 1.11 bits per heavy atom. The summed E-state index contributed by atoms with van der Waals surface area (Å²) in [7, 11) is 0. The topological polar surface area (TPSA) is 17.3 Å². The van der Waals surface area contributed by atoms with Crippen molar-refractivity contribution in [3.63, 3.8) is 0 Å². The van der Waals surface area contributed by atoms with Gasteiger partial charge in [0, 0.05) is 17.5 Å². The molecule has 2 aromatic heterocycles. The van der Waals surface area contributed by atoms with Gasteiger partial charge in [-0.05, 0) is 37.6 Å². The molecule has 0 saturated heterocycles. The summed E-state index contributed by atoms with van der Waals surface area (Å²) in [5, 5.41) is 0. The fourth-order valence-electron chi connectivity index (χ4n) is 2.18. The number of pyridine rings is 1. The van der Waals surface area contributed by atoms with Crippen molar-refractivity contribution >= 4 is 5.65 Å². The van der Waals surface area contributed by atoms with Gasteiger partial charge in [-0.2, -0.15) is 0 Å². The van der Waals surface area contributed by atoms with Crippen molar-refractivity contribution in [2.75, 3.05) is 0 Å². The first-order valence-electron chi connectivity index (χ1n) is 5.86. The Balaban J connectivity index is 2.27. The van der Waals surface area contributed by atoms with E-state index in [1.807, 2.05) is 42.6 Å². The quantitative estimate of drug-likeness (QED) is 0.633. The molecule has 0 aliphatic carbocycles. The normalized spacial score (nSPS) is 11.1. The maximum Gasteiger partial charge on any atom is 0.137 e. The summed E-state index contributed by atoms with van der Waals surface area (Å²) in [6.45, 7) is 4.04. The van der Waals surface area contributed by atoms with E-state index in [9.17, 15) is 4.39 Å². The molecule has 0 bridgehead atoms. The van der Waals surface area contributed by atoms with Crippen LogP contribution >= 0.6 is 0 Å². The summed E-state index contributed by atoms with van der Waals surface area (Å²) < 4.78 is 15.3. The summed E-state index contributed by atoms with van der Waals surface area (Å²) in [5.41, 5.74) is 4.74. The van der Waals surface area contributed by atoms with Crippen molar-refractivity contribution in [2.45, 2.75) is 13.8 Å².